The molecule has 0 fully saturated rings. The molecule has 0 aliphatic rings. The molecule has 0 aliphatic heterocycles. The summed E-state index contributed by atoms with van der Waals surface area (Å²) in [5, 5.41) is 9.82. The lowest BCUT2D eigenvalue weighted by Gasteiger charge is -2.07. The molecule has 5 heteroatoms. The van der Waals surface area contributed by atoms with E-state index in [0.29, 0.717) is 23.8 Å². The van der Waals surface area contributed by atoms with E-state index in [1.165, 1.54) is 17.0 Å². The molecule has 1 aromatic carbocycles. The van der Waals surface area contributed by atoms with E-state index in [0.717, 1.165) is 6.42 Å². The normalized spacial score (nSPS) is 10.7. The minimum absolute atomic E-state index is 0.0752. The maximum absolute atomic E-state index is 11.4. The van der Waals surface area contributed by atoms with Crippen LogP contribution < -0.4 is 4.74 Å². The number of hydrogen-bond acceptors (Lipinski definition) is 3. The third-order valence-corrected chi connectivity index (χ3v) is 2.66. The molecule has 4 nitrogen and oxygen atoms in total. The predicted molar refractivity (Wildman–Crippen MR) is 76.7 cm³/mol. The molecule has 1 N–H and O–H groups in total. The zero-order chi connectivity index (χ0) is 14.3. The Hall–Kier alpha value is -1.68. The van der Waals surface area contributed by atoms with Crippen LogP contribution in [0.2, 0.25) is 0 Å². The van der Waals surface area contributed by atoms with Crippen LogP contribution in [-0.4, -0.2) is 42.5 Å². The quantitative estimate of drug-likeness (QED) is 0.496. The first-order valence-electron chi connectivity index (χ1n) is 5.95. The minimum Gasteiger partial charge on any atom is -0.507 e. The standard InChI is InChI=1S/C14H18ClNO3/c1-16(2)14(18)7-5-11-4-6-12(10-13(11)17)19-9-3-8-15/h4-7,10,17H,3,8-9H2,1-2H3. The average Bonchev–Trinajstić information content (AvgIpc) is 2.37. The largest absolute Gasteiger partial charge is 0.507 e. The SMILES string of the molecule is CN(C)C(=O)C=Cc1ccc(OCCCCl)cc1O. The van der Waals surface area contributed by atoms with Crippen LogP contribution in [0.3, 0.4) is 0 Å². The highest BCUT2D eigenvalue weighted by molar-refractivity contribution is 6.17. The molecular weight excluding hydrogens is 266 g/mol. The lowest BCUT2D eigenvalue weighted by Crippen LogP contribution is -2.18. The molecule has 1 amide bonds. The van der Waals surface area contributed by atoms with Crippen LogP contribution in [0.25, 0.3) is 6.08 Å². The highest BCUT2D eigenvalue weighted by Gasteiger charge is 2.03. The van der Waals surface area contributed by atoms with Crippen LogP contribution >= 0.6 is 11.6 Å². The molecule has 1 rings (SSSR count). The van der Waals surface area contributed by atoms with Crippen molar-refractivity contribution in [3.05, 3.63) is 29.8 Å². The van der Waals surface area contributed by atoms with Crippen molar-refractivity contribution in [1.82, 2.24) is 4.90 Å². The van der Waals surface area contributed by atoms with Gasteiger partial charge in [0, 0.05) is 37.7 Å². The fourth-order valence-corrected chi connectivity index (χ4v) is 1.42. The fourth-order valence-electron chi connectivity index (χ4n) is 1.31. The Balaban J connectivity index is 2.69. The molecule has 0 radical (unpaired) electrons. The van der Waals surface area contributed by atoms with E-state index in [-0.39, 0.29) is 11.7 Å². The van der Waals surface area contributed by atoms with E-state index in [1.807, 2.05) is 0 Å². The van der Waals surface area contributed by atoms with Gasteiger partial charge in [-0.3, -0.25) is 4.79 Å². The zero-order valence-electron chi connectivity index (χ0n) is 11.1. The number of benzene rings is 1. The first-order valence-corrected chi connectivity index (χ1v) is 6.49. The monoisotopic (exact) mass is 283 g/mol. The van der Waals surface area contributed by atoms with Crippen LogP contribution in [0.5, 0.6) is 11.5 Å². The summed E-state index contributed by atoms with van der Waals surface area (Å²) in [5.74, 6) is 1.06. The summed E-state index contributed by atoms with van der Waals surface area (Å²) < 4.78 is 5.40. The first kappa shape index (κ1) is 15.4. The van der Waals surface area contributed by atoms with Gasteiger partial charge >= 0.3 is 0 Å². The molecule has 0 unspecified atom stereocenters. The van der Waals surface area contributed by atoms with E-state index >= 15 is 0 Å². The Morgan fingerprint density at radius 1 is 1.47 bits per heavy atom. The maximum Gasteiger partial charge on any atom is 0.246 e. The number of amides is 1. The lowest BCUT2D eigenvalue weighted by atomic mass is 10.1. The third kappa shape index (κ3) is 5.22. The van der Waals surface area contributed by atoms with E-state index in [4.69, 9.17) is 16.3 Å². The molecular formula is C14H18ClNO3. The van der Waals surface area contributed by atoms with Gasteiger partial charge in [-0.05, 0) is 24.6 Å². The summed E-state index contributed by atoms with van der Waals surface area (Å²) in [4.78, 5) is 12.8. The van der Waals surface area contributed by atoms with E-state index in [9.17, 15) is 9.90 Å². The van der Waals surface area contributed by atoms with Crippen LogP contribution in [0.15, 0.2) is 24.3 Å². The molecule has 0 aromatic heterocycles. The number of nitrogens with zero attached hydrogens (tertiary/aromatic N) is 1. The van der Waals surface area contributed by atoms with Crippen molar-refractivity contribution in [3.63, 3.8) is 0 Å². The second-order valence-electron chi connectivity index (χ2n) is 4.18. The van der Waals surface area contributed by atoms with Crippen molar-refractivity contribution in [2.45, 2.75) is 6.42 Å². The Morgan fingerprint density at radius 2 is 2.21 bits per heavy atom. The van der Waals surface area contributed by atoms with Crippen LogP contribution in [0, 0.1) is 0 Å². The van der Waals surface area contributed by atoms with Crippen molar-refractivity contribution in [1.29, 1.82) is 0 Å². The van der Waals surface area contributed by atoms with Gasteiger partial charge in [-0.1, -0.05) is 0 Å². The van der Waals surface area contributed by atoms with Crippen molar-refractivity contribution >= 4 is 23.6 Å². The number of halogens is 1. The molecule has 0 saturated carbocycles. The summed E-state index contributed by atoms with van der Waals surface area (Å²) in [7, 11) is 3.33. The molecule has 0 atom stereocenters. The van der Waals surface area contributed by atoms with Gasteiger partial charge in [0.2, 0.25) is 5.91 Å². The van der Waals surface area contributed by atoms with Gasteiger partial charge in [-0.25, -0.2) is 0 Å². The predicted octanol–water partition coefficient (Wildman–Crippen LogP) is 2.50. The van der Waals surface area contributed by atoms with Crippen LogP contribution in [0.1, 0.15) is 12.0 Å². The number of rotatable bonds is 6. The van der Waals surface area contributed by atoms with Gasteiger partial charge in [-0.2, -0.15) is 0 Å². The number of alkyl halides is 1. The highest BCUT2D eigenvalue weighted by atomic mass is 35.5. The Kier molecular flexibility index (Phi) is 6.22. The number of phenols is 1. The van der Waals surface area contributed by atoms with Crippen molar-refractivity contribution < 1.29 is 14.6 Å². The number of phenolic OH excluding ortho intramolecular Hbond substituents is 1. The number of likely N-dealkylation sites (N-methyl/N-ethyl adjacent to an activating group) is 1. The zero-order valence-corrected chi connectivity index (χ0v) is 11.9. The average molecular weight is 284 g/mol. The molecule has 19 heavy (non-hydrogen) atoms. The van der Waals surface area contributed by atoms with Gasteiger partial charge in [-0.15, -0.1) is 11.6 Å². The summed E-state index contributed by atoms with van der Waals surface area (Å²) in [5.41, 5.74) is 0.569. The van der Waals surface area contributed by atoms with Gasteiger partial charge in [0.1, 0.15) is 11.5 Å². The Labute approximate surface area is 118 Å². The minimum atomic E-state index is -0.137. The molecule has 0 heterocycles. The summed E-state index contributed by atoms with van der Waals surface area (Å²) in [6.07, 6.45) is 3.73. The molecule has 0 aliphatic carbocycles. The van der Waals surface area contributed by atoms with Crippen LogP contribution in [-0.2, 0) is 4.79 Å². The molecule has 0 bridgehead atoms. The van der Waals surface area contributed by atoms with E-state index < -0.39 is 0 Å². The summed E-state index contributed by atoms with van der Waals surface area (Å²) in [6.45, 7) is 0.511. The summed E-state index contributed by atoms with van der Waals surface area (Å²) in [6, 6.07) is 4.96. The fraction of sp³-hybridized carbons (Fsp3) is 0.357. The Morgan fingerprint density at radius 3 is 2.79 bits per heavy atom. The number of hydrogen-bond donors (Lipinski definition) is 1. The number of carbonyl (C=O) groups excluding carboxylic acids is 1. The second-order valence-corrected chi connectivity index (χ2v) is 4.56. The van der Waals surface area contributed by atoms with Gasteiger partial charge in [0.05, 0.1) is 6.61 Å². The van der Waals surface area contributed by atoms with E-state index in [1.54, 1.807) is 32.3 Å². The highest BCUT2D eigenvalue weighted by Crippen LogP contribution is 2.24. The van der Waals surface area contributed by atoms with Gasteiger partial charge in [0.15, 0.2) is 0 Å². The van der Waals surface area contributed by atoms with Crippen molar-refractivity contribution in [3.8, 4) is 11.5 Å². The lowest BCUT2D eigenvalue weighted by molar-refractivity contribution is -0.123. The molecule has 0 spiro atoms. The van der Waals surface area contributed by atoms with Gasteiger partial charge < -0.3 is 14.7 Å². The Bertz CT molecular complexity index is 458. The smallest absolute Gasteiger partial charge is 0.246 e. The number of carbonyl (C=O) groups is 1. The number of ether oxygens (including phenoxy) is 1. The van der Waals surface area contributed by atoms with Gasteiger partial charge in [0.25, 0.3) is 0 Å². The van der Waals surface area contributed by atoms with Crippen molar-refractivity contribution in [2.24, 2.45) is 0 Å². The topological polar surface area (TPSA) is 49.8 Å². The van der Waals surface area contributed by atoms with E-state index in [2.05, 4.69) is 0 Å². The molecule has 1 aromatic rings. The molecule has 0 saturated heterocycles. The van der Waals surface area contributed by atoms with Crippen LogP contribution in [0.4, 0.5) is 0 Å². The summed E-state index contributed by atoms with van der Waals surface area (Å²) >= 11 is 5.55. The third-order valence-electron chi connectivity index (χ3n) is 2.39. The van der Waals surface area contributed by atoms with Crippen molar-refractivity contribution in [2.75, 3.05) is 26.6 Å². The maximum atomic E-state index is 11.4. The second kappa shape index (κ2) is 7.69. The first-order chi connectivity index (χ1) is 9.04. The number of aromatic hydroxyl groups is 1. The molecule has 104 valence electrons.